The van der Waals surface area contributed by atoms with Crippen molar-refractivity contribution >= 4 is 17.2 Å². The molecule has 0 unspecified atom stereocenters. The van der Waals surface area contributed by atoms with Gasteiger partial charge in [-0.25, -0.2) is 10.8 Å². The molecule has 1 heterocycles. The molecule has 6 nitrogen and oxygen atoms in total. The van der Waals surface area contributed by atoms with Crippen LogP contribution in [0.2, 0.25) is 0 Å². The number of aromatic nitrogens is 1. The van der Waals surface area contributed by atoms with E-state index in [4.69, 9.17) is 15.3 Å². The van der Waals surface area contributed by atoms with Crippen LogP contribution in [0.5, 0.6) is 11.5 Å². The Morgan fingerprint density at radius 3 is 2.79 bits per heavy atom. The molecule has 0 spiro atoms. The Balaban J connectivity index is 2.47. The lowest BCUT2D eigenvalue weighted by atomic mass is 10.2. The van der Waals surface area contributed by atoms with Crippen LogP contribution in [0.3, 0.4) is 0 Å². The van der Waals surface area contributed by atoms with E-state index in [1.807, 2.05) is 12.1 Å². The number of nitrogens with one attached hydrogen (secondary N) is 1. The van der Waals surface area contributed by atoms with E-state index in [0.29, 0.717) is 21.4 Å². The van der Waals surface area contributed by atoms with Crippen molar-refractivity contribution in [3.05, 3.63) is 29.3 Å². The van der Waals surface area contributed by atoms with Crippen molar-refractivity contribution in [2.75, 3.05) is 14.2 Å². The van der Waals surface area contributed by atoms with E-state index in [1.165, 1.54) is 17.5 Å². The van der Waals surface area contributed by atoms with Crippen LogP contribution in [0.25, 0.3) is 10.6 Å². The number of thiazole rings is 1. The van der Waals surface area contributed by atoms with Crippen LogP contribution in [-0.4, -0.2) is 25.1 Å². The first-order chi connectivity index (χ1) is 9.21. The largest absolute Gasteiger partial charge is 0.493 e. The third-order valence-corrected chi connectivity index (χ3v) is 3.52. The maximum absolute atomic E-state index is 11.4. The fourth-order valence-electron chi connectivity index (χ4n) is 1.63. The summed E-state index contributed by atoms with van der Waals surface area (Å²) in [4.78, 5) is 16.1. The summed E-state index contributed by atoms with van der Waals surface area (Å²) in [5, 5.41) is 0.661. The number of ether oxygens (including phenoxy) is 2. The lowest BCUT2D eigenvalue weighted by molar-refractivity contribution is 0.0957. The zero-order valence-corrected chi connectivity index (χ0v) is 11.3. The van der Waals surface area contributed by atoms with Crippen molar-refractivity contribution in [1.29, 1.82) is 0 Å². The zero-order chi connectivity index (χ0) is 13.8. The summed E-state index contributed by atoms with van der Waals surface area (Å²) in [7, 11) is 3.12. The second-order valence-electron chi connectivity index (χ2n) is 3.54. The molecule has 0 aliphatic rings. The number of hydrazine groups is 1. The van der Waals surface area contributed by atoms with Crippen molar-refractivity contribution in [1.82, 2.24) is 10.4 Å². The fraction of sp³-hybridized carbons (Fsp3) is 0.167. The third-order valence-electron chi connectivity index (χ3n) is 2.49. The second-order valence-corrected chi connectivity index (χ2v) is 4.57. The fourth-order valence-corrected chi connectivity index (χ4v) is 2.47. The first-order valence-electron chi connectivity index (χ1n) is 5.39. The van der Waals surface area contributed by atoms with E-state index < -0.39 is 0 Å². The average Bonchev–Trinajstić information content (AvgIpc) is 2.95. The molecular formula is C12H13N3O3S. The van der Waals surface area contributed by atoms with E-state index in [0.717, 1.165) is 5.56 Å². The van der Waals surface area contributed by atoms with E-state index in [1.54, 1.807) is 20.3 Å². The number of nitrogens with zero attached hydrogens (tertiary/aromatic N) is 1. The van der Waals surface area contributed by atoms with Crippen molar-refractivity contribution in [3.8, 4) is 22.1 Å². The molecule has 100 valence electrons. The SMILES string of the molecule is COc1cccc(-c2ncc(C(=O)NN)s2)c1OC. The molecule has 0 aliphatic heterocycles. The summed E-state index contributed by atoms with van der Waals surface area (Å²) < 4.78 is 10.6. The first-order valence-corrected chi connectivity index (χ1v) is 6.21. The van der Waals surface area contributed by atoms with Gasteiger partial charge < -0.3 is 9.47 Å². The molecule has 3 N–H and O–H groups in total. The van der Waals surface area contributed by atoms with Gasteiger partial charge in [0.25, 0.3) is 5.91 Å². The average molecular weight is 279 g/mol. The van der Waals surface area contributed by atoms with E-state index in [-0.39, 0.29) is 5.91 Å². The van der Waals surface area contributed by atoms with Gasteiger partial charge in [-0.15, -0.1) is 11.3 Å². The maximum atomic E-state index is 11.4. The lowest BCUT2D eigenvalue weighted by Gasteiger charge is -2.10. The Labute approximate surface area is 114 Å². The highest BCUT2D eigenvalue weighted by Crippen LogP contribution is 2.39. The summed E-state index contributed by atoms with van der Waals surface area (Å²) in [5.74, 6) is 5.91. The van der Waals surface area contributed by atoms with Crippen LogP contribution in [0.4, 0.5) is 0 Å². The smallest absolute Gasteiger partial charge is 0.276 e. The Bertz CT molecular complexity index is 598. The summed E-state index contributed by atoms with van der Waals surface area (Å²) in [6.45, 7) is 0. The van der Waals surface area contributed by atoms with E-state index in [2.05, 4.69) is 10.4 Å². The quantitative estimate of drug-likeness (QED) is 0.502. The number of rotatable bonds is 4. The molecule has 0 radical (unpaired) electrons. The normalized spacial score (nSPS) is 10.1. The first kappa shape index (κ1) is 13.3. The van der Waals surface area contributed by atoms with E-state index in [9.17, 15) is 4.79 Å². The number of para-hydroxylation sites is 1. The standard InChI is InChI=1S/C12H13N3O3S/c1-17-8-5-3-4-7(10(8)18-2)12-14-6-9(19-12)11(16)15-13/h3-6H,13H2,1-2H3,(H,15,16). The van der Waals surface area contributed by atoms with Crippen LogP contribution in [0.1, 0.15) is 9.67 Å². The highest BCUT2D eigenvalue weighted by atomic mass is 32.1. The summed E-state index contributed by atoms with van der Waals surface area (Å²) >= 11 is 1.23. The Kier molecular flexibility index (Phi) is 3.98. The highest BCUT2D eigenvalue weighted by molar-refractivity contribution is 7.16. The Hall–Kier alpha value is -2.12. The van der Waals surface area contributed by atoms with Crippen LogP contribution in [-0.2, 0) is 0 Å². The zero-order valence-electron chi connectivity index (χ0n) is 10.5. The number of methoxy groups -OCH3 is 2. The maximum Gasteiger partial charge on any atom is 0.276 e. The molecule has 2 aromatic rings. The number of hydrogen-bond acceptors (Lipinski definition) is 6. The van der Waals surface area contributed by atoms with Gasteiger partial charge in [-0.05, 0) is 12.1 Å². The second kappa shape index (κ2) is 5.68. The molecule has 0 saturated carbocycles. The van der Waals surface area contributed by atoms with Crippen molar-refractivity contribution in [3.63, 3.8) is 0 Å². The lowest BCUT2D eigenvalue weighted by Crippen LogP contribution is -2.29. The topological polar surface area (TPSA) is 86.5 Å². The minimum absolute atomic E-state index is 0.370. The van der Waals surface area contributed by atoms with Crippen LogP contribution < -0.4 is 20.7 Å². The molecule has 1 amide bonds. The van der Waals surface area contributed by atoms with Gasteiger partial charge in [-0.3, -0.25) is 10.2 Å². The van der Waals surface area contributed by atoms with Gasteiger partial charge in [0.1, 0.15) is 9.88 Å². The predicted octanol–water partition coefficient (Wildman–Crippen LogP) is 1.43. The number of carbonyl (C=O) groups is 1. The van der Waals surface area contributed by atoms with Gasteiger partial charge in [0, 0.05) is 0 Å². The number of nitrogen functional groups attached to an aromatic ring is 1. The van der Waals surface area contributed by atoms with Crippen LogP contribution >= 0.6 is 11.3 Å². The molecule has 2 rings (SSSR count). The van der Waals surface area contributed by atoms with Crippen LogP contribution in [0.15, 0.2) is 24.4 Å². The predicted molar refractivity (Wildman–Crippen MR) is 72.3 cm³/mol. The van der Waals surface area contributed by atoms with Crippen molar-refractivity contribution in [2.24, 2.45) is 5.84 Å². The minimum Gasteiger partial charge on any atom is -0.493 e. The Morgan fingerprint density at radius 2 is 2.16 bits per heavy atom. The monoisotopic (exact) mass is 279 g/mol. The van der Waals surface area contributed by atoms with Gasteiger partial charge in [0.15, 0.2) is 11.5 Å². The molecule has 0 aliphatic carbocycles. The van der Waals surface area contributed by atoms with Gasteiger partial charge in [-0.1, -0.05) is 6.07 Å². The third kappa shape index (κ3) is 2.51. The number of nitrogens with two attached hydrogens (primary N) is 1. The molecule has 0 fully saturated rings. The molecular weight excluding hydrogens is 266 g/mol. The highest BCUT2D eigenvalue weighted by Gasteiger charge is 2.16. The Morgan fingerprint density at radius 1 is 1.37 bits per heavy atom. The van der Waals surface area contributed by atoms with Gasteiger partial charge in [0.2, 0.25) is 0 Å². The number of benzene rings is 1. The molecule has 1 aromatic heterocycles. The number of carbonyl (C=O) groups excluding carboxylic acids is 1. The number of amides is 1. The van der Waals surface area contributed by atoms with Gasteiger partial charge >= 0.3 is 0 Å². The van der Waals surface area contributed by atoms with Gasteiger partial charge in [-0.2, -0.15) is 0 Å². The summed E-state index contributed by atoms with van der Waals surface area (Å²) in [5.41, 5.74) is 2.84. The molecule has 19 heavy (non-hydrogen) atoms. The number of hydrogen-bond donors (Lipinski definition) is 2. The summed E-state index contributed by atoms with van der Waals surface area (Å²) in [6, 6.07) is 5.48. The summed E-state index contributed by atoms with van der Waals surface area (Å²) in [6.07, 6.45) is 1.47. The minimum atomic E-state index is -0.370. The van der Waals surface area contributed by atoms with Crippen molar-refractivity contribution < 1.29 is 14.3 Å². The van der Waals surface area contributed by atoms with Gasteiger partial charge in [0.05, 0.1) is 26.0 Å². The molecule has 7 heteroatoms. The molecule has 0 atom stereocenters. The van der Waals surface area contributed by atoms with E-state index >= 15 is 0 Å². The van der Waals surface area contributed by atoms with Crippen LogP contribution in [0, 0.1) is 0 Å². The van der Waals surface area contributed by atoms with Crippen molar-refractivity contribution in [2.45, 2.75) is 0 Å². The molecule has 0 bridgehead atoms. The molecule has 1 aromatic carbocycles. The molecule has 0 saturated heterocycles.